The number of guanidine groups is 1. The zero-order valence-electron chi connectivity index (χ0n) is 17.3. The molecule has 1 fully saturated rings. The van der Waals surface area contributed by atoms with Gasteiger partial charge in [-0.25, -0.2) is 4.99 Å². The minimum atomic E-state index is -1.09. The topological polar surface area (TPSA) is 100 Å². The third-order valence-corrected chi connectivity index (χ3v) is 4.94. The largest absolute Gasteiger partial charge is 0.469 e. The molecule has 1 atom stereocenters. The van der Waals surface area contributed by atoms with Crippen LogP contribution in [-0.4, -0.2) is 78.2 Å². The first-order chi connectivity index (χ1) is 14.0. The van der Waals surface area contributed by atoms with E-state index in [4.69, 9.17) is 9.15 Å². The molecule has 0 amide bonds. The molecule has 1 unspecified atom stereocenters. The van der Waals surface area contributed by atoms with Gasteiger partial charge in [-0.05, 0) is 19.1 Å². The number of rotatable bonds is 9. The number of morpholine rings is 1. The van der Waals surface area contributed by atoms with Crippen molar-refractivity contribution in [3.63, 3.8) is 0 Å². The first-order valence-corrected chi connectivity index (χ1v) is 10.1. The summed E-state index contributed by atoms with van der Waals surface area (Å²) < 4.78 is 12.5. The van der Waals surface area contributed by atoms with Crippen LogP contribution in [0.25, 0.3) is 0 Å². The van der Waals surface area contributed by atoms with Gasteiger partial charge in [0, 0.05) is 58.0 Å². The smallest absolute Gasteiger partial charge is 0.191 e. The van der Waals surface area contributed by atoms with Crippen molar-refractivity contribution in [2.24, 2.45) is 12.0 Å². The predicted molar refractivity (Wildman–Crippen MR) is 111 cm³/mol. The molecule has 3 N–H and O–H groups in total. The number of nitrogens with one attached hydrogen (secondary N) is 2. The molecule has 1 aliphatic rings. The number of hydrogen-bond donors (Lipinski definition) is 3. The van der Waals surface area contributed by atoms with Crippen LogP contribution in [0.15, 0.2) is 40.2 Å². The molecular formula is C20H32N6O3. The van der Waals surface area contributed by atoms with Gasteiger partial charge < -0.3 is 24.9 Å². The summed E-state index contributed by atoms with van der Waals surface area (Å²) in [6.07, 6.45) is 5.92. The van der Waals surface area contributed by atoms with Gasteiger partial charge in [0.1, 0.15) is 11.4 Å². The Morgan fingerprint density at radius 1 is 1.31 bits per heavy atom. The monoisotopic (exact) mass is 404 g/mol. The lowest BCUT2D eigenvalue weighted by Crippen LogP contribution is -2.45. The molecule has 9 heteroatoms. The van der Waals surface area contributed by atoms with E-state index in [2.05, 4.69) is 25.6 Å². The van der Waals surface area contributed by atoms with Crippen LogP contribution in [0.5, 0.6) is 0 Å². The molecule has 160 valence electrons. The van der Waals surface area contributed by atoms with Crippen LogP contribution in [0.1, 0.15) is 18.2 Å². The summed E-state index contributed by atoms with van der Waals surface area (Å²) in [5, 5.41) is 21.6. The van der Waals surface area contributed by atoms with Gasteiger partial charge in [0.2, 0.25) is 0 Å². The lowest BCUT2D eigenvalue weighted by molar-refractivity contribution is 0.0389. The fourth-order valence-corrected chi connectivity index (χ4v) is 3.11. The van der Waals surface area contributed by atoms with Gasteiger partial charge in [-0.3, -0.25) is 9.58 Å². The van der Waals surface area contributed by atoms with Gasteiger partial charge in [-0.1, -0.05) is 0 Å². The molecule has 0 saturated carbocycles. The van der Waals surface area contributed by atoms with Crippen LogP contribution in [0.4, 0.5) is 0 Å². The second kappa shape index (κ2) is 10.4. The molecule has 3 heterocycles. The number of aromatic nitrogens is 2. The summed E-state index contributed by atoms with van der Waals surface area (Å²) in [6, 6.07) is 3.84. The van der Waals surface area contributed by atoms with E-state index in [-0.39, 0.29) is 6.54 Å². The van der Waals surface area contributed by atoms with Crippen LogP contribution in [-0.2, 0) is 23.8 Å². The maximum Gasteiger partial charge on any atom is 0.191 e. The van der Waals surface area contributed by atoms with Crippen molar-refractivity contribution in [2.75, 3.05) is 52.5 Å². The Kier molecular flexibility index (Phi) is 7.68. The van der Waals surface area contributed by atoms with Crippen molar-refractivity contribution in [2.45, 2.75) is 18.9 Å². The van der Waals surface area contributed by atoms with Crippen LogP contribution >= 0.6 is 0 Å². The summed E-state index contributed by atoms with van der Waals surface area (Å²) >= 11 is 0. The molecule has 0 aromatic carbocycles. The average molecular weight is 405 g/mol. The molecule has 1 saturated heterocycles. The van der Waals surface area contributed by atoms with Crippen molar-refractivity contribution in [3.05, 3.63) is 42.1 Å². The number of aryl methyl sites for hydroxylation is 1. The van der Waals surface area contributed by atoms with E-state index in [0.717, 1.165) is 57.1 Å². The molecule has 0 spiro atoms. The third-order valence-electron chi connectivity index (χ3n) is 4.94. The zero-order chi connectivity index (χ0) is 20.5. The normalized spacial score (nSPS) is 17.8. The van der Waals surface area contributed by atoms with E-state index in [1.165, 1.54) is 0 Å². The van der Waals surface area contributed by atoms with Crippen LogP contribution in [0.3, 0.4) is 0 Å². The quantitative estimate of drug-likeness (QED) is 0.409. The first-order valence-electron chi connectivity index (χ1n) is 10.1. The standard InChI is InChI=1S/C20H32N6O3/c1-20(27,17-14-24-25(2)15-17)16-23-19(21-6-5-18-4-3-11-29-18)22-7-8-26-9-12-28-13-10-26/h3-4,11,14-15,27H,5-10,12-13,16H2,1-2H3,(H2,21,22,23). The Morgan fingerprint density at radius 2 is 2.10 bits per heavy atom. The van der Waals surface area contributed by atoms with E-state index >= 15 is 0 Å². The molecule has 3 rings (SSSR count). The first kappa shape index (κ1) is 21.4. The predicted octanol–water partition coefficient (Wildman–Crippen LogP) is 0.331. The molecule has 0 bridgehead atoms. The summed E-state index contributed by atoms with van der Waals surface area (Å²) in [7, 11) is 1.83. The Hall–Kier alpha value is -2.36. The maximum absolute atomic E-state index is 10.8. The van der Waals surface area contributed by atoms with E-state index in [0.29, 0.717) is 12.5 Å². The van der Waals surface area contributed by atoms with Gasteiger partial charge in [-0.15, -0.1) is 0 Å². The molecule has 0 aliphatic carbocycles. The van der Waals surface area contributed by atoms with E-state index < -0.39 is 5.60 Å². The maximum atomic E-state index is 10.8. The Labute approximate surface area is 171 Å². The Morgan fingerprint density at radius 3 is 2.79 bits per heavy atom. The Bertz CT molecular complexity index is 750. The van der Waals surface area contributed by atoms with Gasteiger partial charge in [-0.2, -0.15) is 5.10 Å². The number of hydrogen-bond acceptors (Lipinski definition) is 6. The third kappa shape index (κ3) is 6.88. The van der Waals surface area contributed by atoms with E-state index in [9.17, 15) is 5.11 Å². The summed E-state index contributed by atoms with van der Waals surface area (Å²) in [5.74, 6) is 1.60. The highest BCUT2D eigenvalue weighted by Crippen LogP contribution is 2.19. The summed E-state index contributed by atoms with van der Waals surface area (Å²) in [4.78, 5) is 6.98. The molecule has 2 aromatic rings. The average Bonchev–Trinajstić information content (AvgIpc) is 3.39. The van der Waals surface area contributed by atoms with Crippen molar-refractivity contribution in [3.8, 4) is 0 Å². The number of nitrogens with zero attached hydrogens (tertiary/aromatic N) is 4. The second-order valence-corrected chi connectivity index (χ2v) is 7.48. The molecule has 1 aliphatic heterocycles. The van der Waals surface area contributed by atoms with Gasteiger partial charge in [0.05, 0.1) is 32.2 Å². The van der Waals surface area contributed by atoms with Gasteiger partial charge in [0.25, 0.3) is 0 Å². The number of furan rings is 1. The van der Waals surface area contributed by atoms with Crippen LogP contribution < -0.4 is 10.6 Å². The summed E-state index contributed by atoms with van der Waals surface area (Å²) in [5.41, 5.74) is -0.347. The fourth-order valence-electron chi connectivity index (χ4n) is 3.11. The van der Waals surface area contributed by atoms with Crippen LogP contribution in [0.2, 0.25) is 0 Å². The highest BCUT2D eigenvalue weighted by molar-refractivity contribution is 5.79. The molecule has 29 heavy (non-hydrogen) atoms. The van der Waals surface area contributed by atoms with Gasteiger partial charge >= 0.3 is 0 Å². The number of aliphatic imine (C=N–C) groups is 1. The number of ether oxygens (including phenoxy) is 1. The van der Waals surface area contributed by atoms with E-state index in [1.807, 2.05) is 25.4 Å². The van der Waals surface area contributed by atoms with Crippen molar-refractivity contribution < 1.29 is 14.3 Å². The SMILES string of the molecule is Cn1cc(C(C)(O)CN=C(NCCc2ccco2)NCCN2CCOCC2)cn1. The summed E-state index contributed by atoms with van der Waals surface area (Å²) in [6.45, 7) is 7.83. The lowest BCUT2D eigenvalue weighted by atomic mass is 10.0. The minimum Gasteiger partial charge on any atom is -0.469 e. The van der Waals surface area contributed by atoms with Crippen molar-refractivity contribution in [1.82, 2.24) is 25.3 Å². The van der Waals surface area contributed by atoms with E-state index in [1.54, 1.807) is 24.1 Å². The Balaban J connectivity index is 1.54. The molecular weight excluding hydrogens is 372 g/mol. The van der Waals surface area contributed by atoms with Crippen molar-refractivity contribution in [1.29, 1.82) is 0 Å². The fraction of sp³-hybridized carbons (Fsp3) is 0.600. The highest BCUT2D eigenvalue weighted by atomic mass is 16.5. The van der Waals surface area contributed by atoms with Crippen LogP contribution in [0, 0.1) is 0 Å². The van der Waals surface area contributed by atoms with Crippen molar-refractivity contribution >= 4 is 5.96 Å². The second-order valence-electron chi connectivity index (χ2n) is 7.48. The molecule has 0 radical (unpaired) electrons. The zero-order valence-corrected chi connectivity index (χ0v) is 17.3. The van der Waals surface area contributed by atoms with Gasteiger partial charge in [0.15, 0.2) is 5.96 Å². The highest BCUT2D eigenvalue weighted by Gasteiger charge is 2.24. The number of aliphatic hydroxyl groups is 1. The molecule has 9 nitrogen and oxygen atoms in total. The lowest BCUT2D eigenvalue weighted by Gasteiger charge is -2.27. The molecule has 2 aromatic heterocycles. The minimum absolute atomic E-state index is 0.229.